The number of halogens is 9. The van der Waals surface area contributed by atoms with Crippen molar-refractivity contribution >= 4 is 36.2 Å². The molecule has 3 aliphatic heterocycles. The normalized spacial score (nSPS) is 17.9. The summed E-state index contributed by atoms with van der Waals surface area (Å²) in [5.74, 6) is 0.912. The summed E-state index contributed by atoms with van der Waals surface area (Å²) in [6.45, 7) is 0. The van der Waals surface area contributed by atoms with Gasteiger partial charge in [-0.15, -0.1) is 0 Å². The number of hydrogen-bond donors (Lipinski definition) is 1. The van der Waals surface area contributed by atoms with Gasteiger partial charge in [0.2, 0.25) is 0 Å². The van der Waals surface area contributed by atoms with Crippen molar-refractivity contribution in [2.45, 2.75) is 12.1 Å². The maximum absolute atomic E-state index is 13.6. The van der Waals surface area contributed by atoms with Gasteiger partial charge in [-0.05, 0) is 48.5 Å². The van der Waals surface area contributed by atoms with E-state index in [1.165, 1.54) is 6.07 Å². The van der Waals surface area contributed by atoms with Crippen LogP contribution in [0.2, 0.25) is 0 Å². The quantitative estimate of drug-likeness (QED) is 0.150. The number of aromatic hydroxyl groups is 1. The van der Waals surface area contributed by atoms with Crippen LogP contribution in [0.25, 0.3) is 0 Å². The van der Waals surface area contributed by atoms with Crippen LogP contribution in [0.1, 0.15) is 28.2 Å². The molecular formula is C27H17F9N2O2P-. The van der Waals surface area contributed by atoms with Gasteiger partial charge in [0.1, 0.15) is 17.2 Å². The number of phenolic OH excluding ortho intramolecular Hbond substituents is 1. The van der Waals surface area contributed by atoms with Gasteiger partial charge in [0.15, 0.2) is 0 Å². The molecule has 0 radical (unpaired) electrons. The van der Waals surface area contributed by atoms with Gasteiger partial charge in [0.25, 0.3) is 0 Å². The number of ether oxygens (including phenoxy) is 1. The second-order valence-corrected chi connectivity index (χ2v) is 11.6. The molecular weight excluding hydrogens is 586 g/mol. The fourth-order valence-corrected chi connectivity index (χ4v) is 5.61. The van der Waals surface area contributed by atoms with Gasteiger partial charge in [0.05, 0.1) is 22.6 Å². The van der Waals surface area contributed by atoms with Crippen LogP contribution in [-0.4, -0.2) is 12.2 Å². The molecule has 216 valence electrons. The summed E-state index contributed by atoms with van der Waals surface area (Å²) < 4.78 is 106. The molecule has 4 nitrogen and oxygen atoms in total. The molecule has 1 unspecified atom stereocenters. The zero-order valence-electron chi connectivity index (χ0n) is 20.6. The first kappa shape index (κ1) is 27.1. The summed E-state index contributed by atoms with van der Waals surface area (Å²) in [5.41, 5.74) is 5.83. The molecule has 0 spiro atoms. The fourth-order valence-electron chi connectivity index (χ4n) is 5.61. The third-order valence-corrected chi connectivity index (χ3v) is 6.92. The van der Waals surface area contributed by atoms with E-state index in [0.29, 0.717) is 5.75 Å². The molecule has 4 aromatic rings. The van der Waals surface area contributed by atoms with E-state index in [2.05, 4.69) is 11.0 Å². The van der Waals surface area contributed by atoms with E-state index < -0.39 is 25.3 Å². The SMILES string of the molecule is CN1c2cccc3c2C2c4c(cccc4N(c4cc(O)cc(C(F)(F)F)c4)c4cccc1c42)O3.F[P-](F)(F)(F)(F)F. The fraction of sp³-hybridized carbons (Fsp3) is 0.111. The first-order valence-electron chi connectivity index (χ1n) is 11.9. The molecule has 7 rings (SSSR count). The minimum atomic E-state index is -10.7. The van der Waals surface area contributed by atoms with Crippen molar-refractivity contribution in [1.82, 2.24) is 0 Å². The van der Waals surface area contributed by atoms with Crippen molar-refractivity contribution in [2.24, 2.45) is 0 Å². The van der Waals surface area contributed by atoms with Crippen molar-refractivity contribution in [2.75, 3.05) is 16.8 Å². The van der Waals surface area contributed by atoms with Crippen molar-refractivity contribution in [1.29, 1.82) is 0 Å². The molecule has 1 atom stereocenters. The van der Waals surface area contributed by atoms with Crippen molar-refractivity contribution in [3.8, 4) is 17.2 Å². The van der Waals surface area contributed by atoms with Crippen LogP contribution in [0, 0.1) is 0 Å². The zero-order chi connectivity index (χ0) is 29.8. The van der Waals surface area contributed by atoms with Crippen molar-refractivity contribution in [3.63, 3.8) is 0 Å². The Kier molecular flexibility index (Phi) is 5.14. The van der Waals surface area contributed by atoms with Crippen LogP contribution < -0.4 is 14.5 Å². The topological polar surface area (TPSA) is 35.9 Å². The summed E-state index contributed by atoms with van der Waals surface area (Å²) >= 11 is 0. The molecule has 41 heavy (non-hydrogen) atoms. The van der Waals surface area contributed by atoms with E-state index in [-0.39, 0.29) is 11.6 Å². The average molecular weight is 603 g/mol. The first-order valence-corrected chi connectivity index (χ1v) is 13.9. The van der Waals surface area contributed by atoms with E-state index in [1.54, 1.807) is 4.90 Å². The van der Waals surface area contributed by atoms with Crippen LogP contribution in [-0.2, 0) is 6.18 Å². The molecule has 0 fully saturated rings. The predicted molar refractivity (Wildman–Crippen MR) is 137 cm³/mol. The van der Waals surface area contributed by atoms with Gasteiger partial charge in [-0.1, -0.05) is 18.2 Å². The molecule has 3 aliphatic rings. The molecule has 0 bridgehead atoms. The molecule has 1 N–H and O–H groups in total. The Balaban J connectivity index is 0.000000387. The molecule has 4 aromatic carbocycles. The van der Waals surface area contributed by atoms with Crippen LogP contribution >= 0.6 is 7.81 Å². The summed E-state index contributed by atoms with van der Waals surface area (Å²) in [6, 6.07) is 20.6. The summed E-state index contributed by atoms with van der Waals surface area (Å²) in [4.78, 5) is 3.89. The van der Waals surface area contributed by atoms with Gasteiger partial charge < -0.3 is 19.6 Å². The standard InChI is InChI=1S/C27H17F3N2O2.F6P/c1-31-17-5-2-7-19-23(17)26-24-18(31)6-3-9-21(24)34-22-10-4-8-20(25(22)26)32(19)15-11-14(27(28,29)30)12-16(33)13-15;1-7(2,3,4,5)6/h2-13,26,33H,1H3;/q;-1. The van der Waals surface area contributed by atoms with Crippen molar-refractivity contribution in [3.05, 3.63) is 95.1 Å². The average Bonchev–Trinajstić information content (AvgIpc) is 2.84. The van der Waals surface area contributed by atoms with E-state index in [1.807, 2.05) is 55.6 Å². The third kappa shape index (κ3) is 4.88. The molecule has 0 amide bonds. The van der Waals surface area contributed by atoms with Gasteiger partial charge in [0, 0.05) is 47.1 Å². The predicted octanol–water partition coefficient (Wildman–Crippen LogP) is 10.9. The number of benzene rings is 4. The zero-order valence-corrected chi connectivity index (χ0v) is 21.5. The monoisotopic (exact) mass is 603 g/mol. The summed E-state index contributed by atoms with van der Waals surface area (Å²) in [5, 5.41) is 10.2. The second kappa shape index (κ2) is 7.79. The Morgan fingerprint density at radius 2 is 1.17 bits per heavy atom. The summed E-state index contributed by atoms with van der Waals surface area (Å²) in [7, 11) is -8.67. The Labute approximate surface area is 226 Å². The number of alkyl halides is 3. The van der Waals surface area contributed by atoms with Crippen LogP contribution in [0.15, 0.2) is 72.8 Å². The van der Waals surface area contributed by atoms with Crippen LogP contribution in [0.5, 0.6) is 17.2 Å². The van der Waals surface area contributed by atoms with Crippen molar-refractivity contribution < 1.29 is 48.2 Å². The van der Waals surface area contributed by atoms with E-state index >= 15 is 0 Å². The van der Waals surface area contributed by atoms with Gasteiger partial charge in [-0.2, -0.15) is 13.2 Å². The van der Waals surface area contributed by atoms with Crippen LogP contribution in [0.4, 0.5) is 66.8 Å². The maximum atomic E-state index is 13.6. The molecule has 14 heteroatoms. The Morgan fingerprint density at radius 3 is 1.73 bits per heavy atom. The van der Waals surface area contributed by atoms with Gasteiger partial charge in [-0.3, -0.25) is 0 Å². The molecule has 0 saturated heterocycles. The Hall–Kier alpha value is -4.12. The molecule has 0 aromatic heterocycles. The third-order valence-electron chi connectivity index (χ3n) is 6.92. The van der Waals surface area contributed by atoms with E-state index in [4.69, 9.17) is 4.74 Å². The van der Waals surface area contributed by atoms with E-state index in [9.17, 15) is 43.5 Å². The Morgan fingerprint density at radius 1 is 0.707 bits per heavy atom. The number of anilines is 5. The van der Waals surface area contributed by atoms with E-state index in [0.717, 1.165) is 57.3 Å². The van der Waals surface area contributed by atoms with Gasteiger partial charge >= 0.3 is 39.2 Å². The van der Waals surface area contributed by atoms with Crippen LogP contribution in [0.3, 0.4) is 0 Å². The second-order valence-electron chi connectivity index (χ2n) is 9.71. The number of rotatable bonds is 1. The molecule has 0 saturated carbocycles. The minimum absolute atomic E-state index is 0.107. The number of nitrogens with zero attached hydrogens (tertiary/aromatic N) is 2. The Bertz CT molecular complexity index is 1740. The first-order chi connectivity index (χ1) is 18.8. The van der Waals surface area contributed by atoms with Gasteiger partial charge in [-0.25, -0.2) is 0 Å². The molecule has 0 aliphatic carbocycles. The number of hydrogen-bond acceptors (Lipinski definition) is 4. The molecule has 3 heterocycles. The summed E-state index contributed by atoms with van der Waals surface area (Å²) in [6.07, 6.45) is -4.59. The number of phenols is 1.